The van der Waals surface area contributed by atoms with Crippen LogP contribution in [0, 0.1) is 0 Å². The molecule has 0 saturated heterocycles. The number of alkyl halides is 1. The van der Waals surface area contributed by atoms with Crippen molar-refractivity contribution in [3.05, 3.63) is 0 Å². The van der Waals surface area contributed by atoms with Crippen molar-refractivity contribution in [1.82, 2.24) is 0 Å². The zero-order valence-electron chi connectivity index (χ0n) is 13.9. The fourth-order valence-electron chi connectivity index (χ4n) is 2.03. The Bertz CT molecular complexity index is 267. The van der Waals surface area contributed by atoms with E-state index in [-0.39, 0.29) is 0 Å². The van der Waals surface area contributed by atoms with E-state index < -0.39 is 7.81 Å². The molecule has 0 aliphatic carbocycles. The fraction of sp³-hybridized carbons (Fsp3) is 1.00. The van der Waals surface area contributed by atoms with Gasteiger partial charge in [0.15, 0.2) is 0 Å². The first-order chi connectivity index (χ1) is 10.2. The van der Waals surface area contributed by atoms with Crippen molar-refractivity contribution >= 4 is 33.0 Å². The maximum atomic E-state index is 9.87. The molecule has 0 bridgehead atoms. The van der Waals surface area contributed by atoms with Gasteiger partial charge in [0.1, 0.15) is 4.57 Å². The number of hydrogen-bond acceptors (Lipinski definition) is 0. The fourth-order valence-corrected chi connectivity index (χ4v) is 2.64. The van der Waals surface area contributed by atoms with Crippen molar-refractivity contribution in [3.8, 4) is 0 Å². The van der Waals surface area contributed by atoms with E-state index in [1.54, 1.807) is 0 Å². The molecule has 0 aliphatic rings. The predicted octanol–water partition coefficient (Wildman–Crippen LogP) is 9.40. The van der Waals surface area contributed by atoms with Crippen LogP contribution >= 0.6 is 33.0 Å². The number of halogens is 7. The summed E-state index contributed by atoms with van der Waals surface area (Å²) >= 11 is 3.61. The summed E-state index contributed by atoms with van der Waals surface area (Å²) in [7, 11) is -8.60. The summed E-state index contributed by atoms with van der Waals surface area (Å²) in [5.41, 5.74) is 0. The van der Waals surface area contributed by atoms with E-state index in [9.17, 15) is 25.2 Å². The first-order valence-corrected chi connectivity index (χ1v) is 12.0. The molecule has 9 heteroatoms. The van der Waals surface area contributed by atoms with Crippen molar-refractivity contribution < 1.29 is 25.2 Å². The Morgan fingerprint density at radius 1 is 0.696 bits per heavy atom. The Morgan fingerprint density at radius 3 is 1.22 bits per heavy atom. The first-order valence-electron chi connectivity index (χ1n) is 8.26. The van der Waals surface area contributed by atoms with E-state index in [4.69, 9.17) is 0 Å². The van der Waals surface area contributed by atoms with Gasteiger partial charge in [-0.2, -0.15) is 0 Å². The number of unbranched alkanes of at least 4 members (excludes halogenated alkanes) is 10. The third-order valence-electron chi connectivity index (χ3n) is 3.12. The molecule has 0 amide bonds. The van der Waals surface area contributed by atoms with Crippen LogP contribution in [0.4, 0.5) is 25.2 Å². The second-order valence-corrected chi connectivity index (χ2v) is 11.3. The molecule has 0 fully saturated rings. The van der Waals surface area contributed by atoms with Crippen LogP contribution in [0.25, 0.3) is 0 Å². The van der Waals surface area contributed by atoms with Crippen molar-refractivity contribution in [2.75, 3.05) is 0 Å². The summed E-state index contributed by atoms with van der Waals surface area (Å²) < 4.78 is 59.9. The van der Waals surface area contributed by atoms with E-state index in [1.165, 1.54) is 77.0 Å². The molecule has 2 unspecified atom stereocenters. The van der Waals surface area contributed by atoms with Gasteiger partial charge in [0, 0.05) is 0 Å². The maximum absolute atomic E-state index is 10.7. The van der Waals surface area contributed by atoms with Gasteiger partial charge in [-0.05, 0) is 38.0 Å². The van der Waals surface area contributed by atoms with Gasteiger partial charge in [-0.1, -0.05) is 71.1 Å². The molecule has 0 radical (unpaired) electrons. The summed E-state index contributed by atoms with van der Waals surface area (Å²) in [6.45, 7) is 2.29. The summed E-state index contributed by atoms with van der Waals surface area (Å²) in [4.78, 5) is 0. The monoisotopic (exact) mass is 454 g/mol. The van der Waals surface area contributed by atoms with Crippen molar-refractivity contribution in [2.45, 2.75) is 88.5 Å². The van der Waals surface area contributed by atoms with Gasteiger partial charge in [-0.3, -0.25) is 0 Å². The quantitative estimate of drug-likeness (QED) is 0.119. The molecule has 0 aromatic heterocycles. The minimum atomic E-state index is -10.7. The van der Waals surface area contributed by atoms with E-state index >= 15 is 0 Å². The van der Waals surface area contributed by atoms with Gasteiger partial charge in [-0.15, -0.1) is 0 Å². The van der Waals surface area contributed by atoms with E-state index in [1.807, 2.05) is 0 Å². The minimum absolute atomic E-state index is 0.742. The van der Waals surface area contributed by atoms with Gasteiger partial charge in [0.05, 0.1) is 0 Å². The molecular weight excluding hydrogens is 424 g/mol. The standard InChI is InChI=1S/C14H30BrP.F6P/c1-2-3-4-5-6-7-8-9-10-11-12-13-14(15)16;1-7(2,3,4,5)6/h14H,2-13,16H2,1H3;/q;-1/p+1. The molecule has 0 aromatic rings. The van der Waals surface area contributed by atoms with Gasteiger partial charge in [0.25, 0.3) is 0 Å². The van der Waals surface area contributed by atoms with Crippen LogP contribution in [0.3, 0.4) is 0 Å². The molecule has 0 saturated carbocycles. The van der Waals surface area contributed by atoms with Crippen LogP contribution in [0.5, 0.6) is 0 Å². The van der Waals surface area contributed by atoms with Crippen LogP contribution < -0.4 is 0 Å². The molecule has 0 N–H and O–H groups in total. The van der Waals surface area contributed by atoms with Crippen molar-refractivity contribution in [2.24, 2.45) is 0 Å². The van der Waals surface area contributed by atoms with Crippen molar-refractivity contribution in [3.63, 3.8) is 0 Å². The zero-order chi connectivity index (χ0) is 18.5. The average molecular weight is 455 g/mol. The molecule has 146 valence electrons. The molecule has 0 aliphatic heterocycles. The summed E-state index contributed by atoms with van der Waals surface area (Å²) in [5, 5.41) is 0. The molecule has 0 heterocycles. The van der Waals surface area contributed by atoms with Crippen LogP contribution in [0.15, 0.2) is 0 Å². The SMILES string of the molecule is CCCCCCCCCCCCCC([PH3+])Br.F[P-](F)(F)(F)(F)F. The molecule has 0 aromatic carbocycles. The van der Waals surface area contributed by atoms with E-state index in [2.05, 4.69) is 32.1 Å². The second kappa shape index (κ2) is 11.5. The van der Waals surface area contributed by atoms with E-state index in [0.717, 1.165) is 4.57 Å². The topological polar surface area (TPSA) is 0 Å². The Balaban J connectivity index is 0. The Labute approximate surface area is 147 Å². The summed E-state index contributed by atoms with van der Waals surface area (Å²) in [6, 6.07) is 0. The summed E-state index contributed by atoms with van der Waals surface area (Å²) in [6.07, 6.45) is 17.3. The zero-order valence-corrected chi connectivity index (χ0v) is 17.8. The molecule has 2 atom stereocenters. The molecular formula is C14H31BrF6P2. The Morgan fingerprint density at radius 2 is 0.957 bits per heavy atom. The molecule has 23 heavy (non-hydrogen) atoms. The third-order valence-corrected chi connectivity index (χ3v) is 3.99. The van der Waals surface area contributed by atoms with Crippen molar-refractivity contribution in [1.29, 1.82) is 0 Å². The molecule has 0 rings (SSSR count). The van der Waals surface area contributed by atoms with Crippen LogP contribution in [-0.2, 0) is 0 Å². The average Bonchev–Trinajstić information content (AvgIpc) is 2.32. The van der Waals surface area contributed by atoms with Crippen LogP contribution in [0.2, 0.25) is 0 Å². The van der Waals surface area contributed by atoms with Gasteiger partial charge in [-0.25, -0.2) is 0 Å². The third kappa shape index (κ3) is 51.8. The number of hydrogen-bond donors (Lipinski definition) is 0. The molecule has 0 nitrogen and oxygen atoms in total. The van der Waals surface area contributed by atoms with Crippen LogP contribution in [0.1, 0.15) is 84.0 Å². The van der Waals surface area contributed by atoms with Crippen LogP contribution in [-0.4, -0.2) is 4.57 Å². The normalized spacial score (nSPS) is 16.2. The molecule has 0 spiro atoms. The van der Waals surface area contributed by atoms with E-state index in [0.29, 0.717) is 0 Å². The van der Waals surface area contributed by atoms with Gasteiger partial charge < -0.3 is 0 Å². The second-order valence-electron chi connectivity index (χ2n) is 5.88. The Hall–Kier alpha value is 0.920. The first kappa shape index (κ1) is 26.2. The Kier molecular flexibility index (Phi) is 13.1. The van der Waals surface area contributed by atoms with Gasteiger partial charge >= 0.3 is 33.0 Å². The predicted molar refractivity (Wildman–Crippen MR) is 98.5 cm³/mol. The van der Waals surface area contributed by atoms with Gasteiger partial charge in [0.2, 0.25) is 0 Å². The summed E-state index contributed by atoms with van der Waals surface area (Å²) in [5.74, 6) is 0. The number of rotatable bonds is 12.